The minimum atomic E-state index is -4.98. The van der Waals surface area contributed by atoms with Crippen molar-refractivity contribution in [2.75, 3.05) is 17.3 Å². The maximum Gasteiger partial charge on any atom is 0.573 e. The van der Waals surface area contributed by atoms with Crippen molar-refractivity contribution in [2.45, 2.75) is 31.5 Å². The number of alkyl halides is 3. The molecule has 7 nitrogen and oxygen atoms in total. The monoisotopic (exact) mass is 500 g/mol. The molecular weight excluding hydrogens is 477 g/mol. The van der Waals surface area contributed by atoms with Crippen LogP contribution in [0.5, 0.6) is 11.5 Å². The number of aliphatic hydroxyl groups is 1. The van der Waals surface area contributed by atoms with E-state index in [1.165, 1.54) is 18.1 Å². The molecule has 0 saturated carbocycles. The third-order valence-corrected chi connectivity index (χ3v) is 5.91. The average molecular weight is 500 g/mol. The number of carbonyl (C=O) groups is 2. The highest BCUT2D eigenvalue weighted by Gasteiger charge is 2.57. The summed E-state index contributed by atoms with van der Waals surface area (Å²) >= 11 is 0. The van der Waals surface area contributed by atoms with Crippen LogP contribution in [0.3, 0.4) is 0 Å². The summed E-state index contributed by atoms with van der Waals surface area (Å²) in [5.41, 5.74) is -0.831. The van der Waals surface area contributed by atoms with Crippen molar-refractivity contribution in [3.63, 3.8) is 0 Å². The molecule has 1 aliphatic heterocycles. The zero-order valence-electron chi connectivity index (χ0n) is 19.4. The van der Waals surface area contributed by atoms with Gasteiger partial charge < -0.3 is 24.8 Å². The molecule has 0 aliphatic carbocycles. The lowest BCUT2D eigenvalue weighted by Gasteiger charge is -2.34. The first-order valence-corrected chi connectivity index (χ1v) is 10.9. The molecule has 1 amide bonds. The van der Waals surface area contributed by atoms with E-state index < -0.39 is 35.4 Å². The number of ether oxygens (including phenoxy) is 2. The number of anilines is 2. The molecule has 2 atom stereocenters. The Morgan fingerprint density at radius 3 is 2.28 bits per heavy atom. The number of hydrogen-bond acceptors (Lipinski definition) is 6. The number of hydrogen-bond donors (Lipinski definition) is 2. The van der Waals surface area contributed by atoms with Crippen LogP contribution < -0.4 is 19.7 Å². The van der Waals surface area contributed by atoms with E-state index in [-0.39, 0.29) is 17.8 Å². The lowest BCUT2D eigenvalue weighted by atomic mass is 9.83. The summed E-state index contributed by atoms with van der Waals surface area (Å²) in [6.07, 6.45) is -6.90. The summed E-state index contributed by atoms with van der Waals surface area (Å²) < 4.78 is 48.2. The Bertz CT molecular complexity index is 1260. The Hall–Kier alpha value is -4.05. The number of fused-ring (bicyclic) bond motifs is 1. The smallest absolute Gasteiger partial charge is 0.497 e. The summed E-state index contributed by atoms with van der Waals surface area (Å²) in [6, 6.07) is 18.7. The van der Waals surface area contributed by atoms with Gasteiger partial charge in [-0.15, -0.1) is 13.2 Å². The van der Waals surface area contributed by atoms with E-state index in [9.17, 15) is 27.9 Å². The SMILES string of the molecule is COc1ccc(N[C@]2([C@@H](O)C(C)=O)C(=O)N(Cc3ccccc3)c3ccc(OC(F)(F)F)cc32)cc1. The Labute approximate surface area is 205 Å². The van der Waals surface area contributed by atoms with Crippen LogP contribution in [0.2, 0.25) is 0 Å². The molecule has 0 radical (unpaired) electrons. The largest absolute Gasteiger partial charge is 0.573 e. The minimum Gasteiger partial charge on any atom is -0.497 e. The quantitative estimate of drug-likeness (QED) is 0.477. The van der Waals surface area contributed by atoms with Gasteiger partial charge in [0.1, 0.15) is 17.6 Å². The first kappa shape index (κ1) is 25.1. The Kier molecular flexibility index (Phi) is 6.64. The summed E-state index contributed by atoms with van der Waals surface area (Å²) in [6.45, 7) is 1.16. The number of amides is 1. The maximum atomic E-state index is 14.0. The second-order valence-corrected chi connectivity index (χ2v) is 8.28. The van der Waals surface area contributed by atoms with Crippen LogP contribution in [0.4, 0.5) is 24.5 Å². The van der Waals surface area contributed by atoms with E-state index in [0.717, 1.165) is 24.6 Å². The molecule has 0 saturated heterocycles. The number of ketones is 1. The summed E-state index contributed by atoms with van der Waals surface area (Å²) in [5, 5.41) is 14.1. The second kappa shape index (κ2) is 9.54. The Morgan fingerprint density at radius 2 is 1.69 bits per heavy atom. The highest BCUT2D eigenvalue weighted by Crippen LogP contribution is 2.47. The summed E-state index contributed by atoms with van der Waals surface area (Å²) in [4.78, 5) is 27.8. The molecule has 4 rings (SSSR count). The molecule has 1 heterocycles. The van der Waals surface area contributed by atoms with Gasteiger partial charge in [0.15, 0.2) is 11.3 Å². The Morgan fingerprint density at radius 1 is 1.06 bits per heavy atom. The van der Waals surface area contributed by atoms with E-state index in [4.69, 9.17) is 4.74 Å². The lowest BCUT2D eigenvalue weighted by molar-refractivity contribution is -0.274. The van der Waals surface area contributed by atoms with E-state index in [1.54, 1.807) is 54.6 Å². The van der Waals surface area contributed by atoms with Crippen LogP contribution in [-0.4, -0.2) is 36.4 Å². The number of Topliss-reactive ketones (excluding diaryl/α,β-unsaturated/α-hetero) is 1. The van der Waals surface area contributed by atoms with Crippen molar-refractivity contribution in [3.8, 4) is 11.5 Å². The predicted octanol–water partition coefficient (Wildman–Crippen LogP) is 4.40. The van der Waals surface area contributed by atoms with Gasteiger partial charge in [-0.3, -0.25) is 9.59 Å². The normalized spacial score (nSPS) is 17.9. The molecule has 0 spiro atoms. The van der Waals surface area contributed by atoms with Gasteiger partial charge in [-0.25, -0.2) is 0 Å². The molecule has 0 bridgehead atoms. The van der Waals surface area contributed by atoms with Crippen LogP contribution in [0.15, 0.2) is 72.8 Å². The molecule has 0 aromatic heterocycles. The number of nitrogens with zero attached hydrogens (tertiary/aromatic N) is 1. The number of aliphatic hydroxyl groups excluding tert-OH is 1. The number of methoxy groups -OCH3 is 1. The fraction of sp³-hybridized carbons (Fsp3) is 0.231. The first-order chi connectivity index (χ1) is 17.0. The van der Waals surface area contributed by atoms with Crippen LogP contribution in [0.1, 0.15) is 18.1 Å². The molecule has 3 aromatic carbocycles. The molecular formula is C26H23F3N2O5. The zero-order valence-corrected chi connectivity index (χ0v) is 19.4. The molecule has 10 heteroatoms. The zero-order chi connectivity index (χ0) is 26.1. The van der Waals surface area contributed by atoms with Gasteiger partial charge in [-0.2, -0.15) is 0 Å². The second-order valence-electron chi connectivity index (χ2n) is 8.28. The van der Waals surface area contributed by atoms with Crippen LogP contribution >= 0.6 is 0 Å². The maximum absolute atomic E-state index is 14.0. The van der Waals surface area contributed by atoms with Gasteiger partial charge in [0, 0.05) is 11.3 Å². The highest BCUT2D eigenvalue weighted by molar-refractivity contribution is 6.12. The van der Waals surface area contributed by atoms with Crippen molar-refractivity contribution in [1.29, 1.82) is 0 Å². The van der Waals surface area contributed by atoms with Crippen LogP contribution in [-0.2, 0) is 21.7 Å². The molecule has 188 valence electrons. The fourth-order valence-corrected chi connectivity index (χ4v) is 4.28. The molecule has 1 aliphatic rings. The standard InChI is InChI=1S/C26H23F3N2O5/c1-16(32)23(33)25(30-18-8-10-19(35-2)11-9-18)21-14-20(36-26(27,28)29)12-13-22(21)31(24(25)34)15-17-6-4-3-5-7-17/h3-14,23,30,33H,15H2,1-2H3/t23-,25+/m0/s1. The van der Waals surface area contributed by atoms with Crippen molar-refractivity contribution < 1.29 is 37.3 Å². The highest BCUT2D eigenvalue weighted by atomic mass is 19.4. The van der Waals surface area contributed by atoms with E-state index in [0.29, 0.717) is 11.4 Å². The number of rotatable bonds is 8. The predicted molar refractivity (Wildman–Crippen MR) is 126 cm³/mol. The van der Waals surface area contributed by atoms with E-state index in [1.807, 2.05) is 0 Å². The van der Waals surface area contributed by atoms with E-state index in [2.05, 4.69) is 10.1 Å². The van der Waals surface area contributed by atoms with Crippen molar-refractivity contribution in [1.82, 2.24) is 0 Å². The summed E-state index contributed by atoms with van der Waals surface area (Å²) in [5.74, 6) is -1.53. The topological polar surface area (TPSA) is 88.1 Å². The number of carbonyl (C=O) groups excluding carboxylic acids is 2. The van der Waals surface area contributed by atoms with Crippen molar-refractivity contribution >= 4 is 23.1 Å². The third kappa shape index (κ3) is 4.72. The van der Waals surface area contributed by atoms with E-state index >= 15 is 0 Å². The van der Waals surface area contributed by atoms with Crippen molar-refractivity contribution in [2.24, 2.45) is 0 Å². The van der Waals surface area contributed by atoms with Gasteiger partial charge in [0.25, 0.3) is 5.91 Å². The van der Waals surface area contributed by atoms with Gasteiger partial charge in [-0.1, -0.05) is 30.3 Å². The van der Waals surface area contributed by atoms with Gasteiger partial charge >= 0.3 is 6.36 Å². The number of nitrogens with one attached hydrogen (secondary N) is 1. The van der Waals surface area contributed by atoms with Crippen LogP contribution in [0.25, 0.3) is 0 Å². The molecule has 3 aromatic rings. The van der Waals surface area contributed by atoms with Gasteiger partial charge in [0.05, 0.1) is 19.3 Å². The molecule has 2 N–H and O–H groups in total. The van der Waals surface area contributed by atoms with Crippen molar-refractivity contribution in [3.05, 3.63) is 83.9 Å². The van der Waals surface area contributed by atoms with Gasteiger partial charge in [-0.05, 0) is 55.0 Å². The average Bonchev–Trinajstić information content (AvgIpc) is 3.06. The first-order valence-electron chi connectivity index (χ1n) is 10.9. The number of halogens is 3. The third-order valence-electron chi connectivity index (χ3n) is 5.91. The summed E-state index contributed by atoms with van der Waals surface area (Å²) in [7, 11) is 1.48. The lowest BCUT2D eigenvalue weighted by Crippen LogP contribution is -2.56. The molecule has 0 unspecified atom stereocenters. The van der Waals surface area contributed by atoms with Gasteiger partial charge in [0.2, 0.25) is 0 Å². The fourth-order valence-electron chi connectivity index (χ4n) is 4.28. The molecule has 0 fully saturated rings. The molecule has 36 heavy (non-hydrogen) atoms. The minimum absolute atomic E-state index is 0.0244. The number of benzene rings is 3. The van der Waals surface area contributed by atoms with Crippen LogP contribution in [0, 0.1) is 0 Å². The Balaban J connectivity index is 1.89.